The zero-order valence-electron chi connectivity index (χ0n) is 12.2. The van der Waals surface area contributed by atoms with Crippen LogP contribution >= 0.6 is 0 Å². The van der Waals surface area contributed by atoms with Crippen LogP contribution in [0.25, 0.3) is 0 Å². The Morgan fingerprint density at radius 1 is 1.39 bits per heavy atom. The lowest BCUT2D eigenvalue weighted by Gasteiger charge is -2.28. The summed E-state index contributed by atoms with van der Waals surface area (Å²) in [4.78, 5) is 16.4. The third kappa shape index (κ3) is 2.77. The summed E-state index contributed by atoms with van der Waals surface area (Å²) in [5.74, 6) is -3.64. The first-order chi connectivity index (χ1) is 10.8. The van der Waals surface area contributed by atoms with Gasteiger partial charge in [0.1, 0.15) is 11.9 Å². The first-order valence-electron chi connectivity index (χ1n) is 7.22. The molecule has 4 atom stereocenters. The second-order valence-electron chi connectivity index (χ2n) is 5.81. The molecular weight excluding hydrogens is 311 g/mol. The van der Waals surface area contributed by atoms with Crippen molar-refractivity contribution in [2.45, 2.75) is 38.1 Å². The maximum absolute atomic E-state index is 13.2. The zero-order valence-corrected chi connectivity index (χ0v) is 12.2. The van der Waals surface area contributed by atoms with E-state index in [4.69, 9.17) is 10.00 Å². The summed E-state index contributed by atoms with van der Waals surface area (Å²) < 4.78 is 45.0. The number of carbonyl (C=O) groups is 1. The Balaban J connectivity index is 1.80. The number of aryl methyl sites for hydroxylation is 1. The van der Waals surface area contributed by atoms with Crippen molar-refractivity contribution in [3.05, 3.63) is 23.4 Å². The highest BCUT2D eigenvalue weighted by molar-refractivity contribution is 5.92. The highest BCUT2D eigenvalue weighted by Crippen LogP contribution is 2.50. The van der Waals surface area contributed by atoms with Gasteiger partial charge in [-0.1, -0.05) is 0 Å². The third-order valence-corrected chi connectivity index (χ3v) is 4.41. The van der Waals surface area contributed by atoms with Crippen LogP contribution in [-0.2, 0) is 9.53 Å². The van der Waals surface area contributed by atoms with E-state index >= 15 is 0 Å². The van der Waals surface area contributed by atoms with Crippen LogP contribution in [0.15, 0.2) is 12.1 Å². The molecule has 122 valence electrons. The van der Waals surface area contributed by atoms with Gasteiger partial charge in [0.15, 0.2) is 0 Å². The number of amides is 1. The van der Waals surface area contributed by atoms with Crippen molar-refractivity contribution in [3.63, 3.8) is 0 Å². The van der Waals surface area contributed by atoms with Crippen LogP contribution in [0.2, 0.25) is 0 Å². The van der Waals surface area contributed by atoms with Gasteiger partial charge >= 0.3 is 6.18 Å². The minimum Gasteiger partial charge on any atom is -0.373 e. The highest BCUT2D eigenvalue weighted by atomic mass is 19.4. The predicted octanol–water partition coefficient (Wildman–Crippen LogP) is 2.56. The van der Waals surface area contributed by atoms with E-state index in [1.54, 1.807) is 6.92 Å². The van der Waals surface area contributed by atoms with Gasteiger partial charge in [-0.2, -0.15) is 18.4 Å². The molecule has 23 heavy (non-hydrogen) atoms. The maximum atomic E-state index is 13.2. The minimum atomic E-state index is -4.48. The number of nitriles is 1. The molecule has 3 rings (SSSR count). The largest absolute Gasteiger partial charge is 0.395 e. The smallest absolute Gasteiger partial charge is 0.373 e. The molecule has 2 fully saturated rings. The van der Waals surface area contributed by atoms with E-state index in [1.165, 1.54) is 12.1 Å². The van der Waals surface area contributed by atoms with E-state index in [0.717, 1.165) is 0 Å². The van der Waals surface area contributed by atoms with E-state index in [-0.39, 0.29) is 5.82 Å². The fourth-order valence-electron chi connectivity index (χ4n) is 3.38. The normalized spacial score (nSPS) is 29.3. The lowest BCUT2D eigenvalue weighted by atomic mass is 9.78. The molecule has 2 bridgehead atoms. The molecule has 3 heterocycles. The Hall–Kier alpha value is -2.14. The molecule has 8 heteroatoms. The van der Waals surface area contributed by atoms with Gasteiger partial charge in [0.2, 0.25) is 5.91 Å². The number of fused-ring (bicyclic) bond motifs is 2. The summed E-state index contributed by atoms with van der Waals surface area (Å²) in [5.41, 5.74) is 0.751. The Bertz CT molecular complexity index is 684. The van der Waals surface area contributed by atoms with Crippen LogP contribution in [0.4, 0.5) is 19.0 Å². The molecule has 1 aromatic rings. The molecule has 0 radical (unpaired) electrons. The molecule has 0 saturated carbocycles. The number of nitrogens with one attached hydrogen (secondary N) is 1. The number of anilines is 1. The molecule has 1 aromatic heterocycles. The fourth-order valence-corrected chi connectivity index (χ4v) is 3.38. The Morgan fingerprint density at radius 3 is 2.70 bits per heavy atom. The Kier molecular flexibility index (Phi) is 3.76. The number of carbonyl (C=O) groups excluding carboxylic acids is 1. The summed E-state index contributed by atoms with van der Waals surface area (Å²) in [5, 5.41) is 11.3. The van der Waals surface area contributed by atoms with Gasteiger partial charge < -0.3 is 10.1 Å². The van der Waals surface area contributed by atoms with Gasteiger partial charge in [-0.25, -0.2) is 4.98 Å². The predicted molar refractivity (Wildman–Crippen MR) is 73.2 cm³/mol. The Labute approximate surface area is 130 Å². The number of pyridine rings is 1. The topological polar surface area (TPSA) is 75.0 Å². The number of rotatable bonds is 2. The van der Waals surface area contributed by atoms with Crippen molar-refractivity contribution >= 4 is 11.7 Å². The average molecular weight is 325 g/mol. The van der Waals surface area contributed by atoms with Crippen molar-refractivity contribution in [2.75, 3.05) is 5.32 Å². The van der Waals surface area contributed by atoms with Gasteiger partial charge in [-0.3, -0.25) is 4.79 Å². The van der Waals surface area contributed by atoms with Crippen LogP contribution < -0.4 is 5.32 Å². The van der Waals surface area contributed by atoms with Crippen molar-refractivity contribution < 1.29 is 22.7 Å². The number of hydrogen-bond acceptors (Lipinski definition) is 4. The minimum absolute atomic E-state index is 0.134. The van der Waals surface area contributed by atoms with Gasteiger partial charge in [0, 0.05) is 0 Å². The molecule has 5 nitrogen and oxygen atoms in total. The second kappa shape index (κ2) is 5.49. The molecular formula is C15H14F3N3O2. The summed E-state index contributed by atoms with van der Waals surface area (Å²) in [6.45, 7) is 1.59. The van der Waals surface area contributed by atoms with Crippen LogP contribution in [0.1, 0.15) is 24.1 Å². The summed E-state index contributed by atoms with van der Waals surface area (Å²) in [6.07, 6.45) is -5.34. The molecule has 1 amide bonds. The van der Waals surface area contributed by atoms with Crippen molar-refractivity contribution in [3.8, 4) is 6.07 Å². The van der Waals surface area contributed by atoms with Gasteiger partial charge in [0.25, 0.3) is 0 Å². The van der Waals surface area contributed by atoms with Crippen LogP contribution in [0, 0.1) is 30.1 Å². The molecule has 0 unspecified atom stereocenters. The van der Waals surface area contributed by atoms with E-state index in [2.05, 4.69) is 10.3 Å². The number of aromatic nitrogens is 1. The van der Waals surface area contributed by atoms with Gasteiger partial charge in [-0.05, 0) is 31.9 Å². The van der Waals surface area contributed by atoms with Crippen molar-refractivity contribution in [2.24, 2.45) is 11.8 Å². The van der Waals surface area contributed by atoms with Crippen molar-refractivity contribution in [1.29, 1.82) is 5.26 Å². The average Bonchev–Trinajstić information content (AvgIpc) is 3.07. The quantitative estimate of drug-likeness (QED) is 0.907. The number of alkyl halides is 3. The van der Waals surface area contributed by atoms with Gasteiger partial charge in [0.05, 0.1) is 35.3 Å². The number of halogens is 3. The first kappa shape index (κ1) is 15.7. The highest BCUT2D eigenvalue weighted by Gasteiger charge is 2.62. The molecule has 2 aliphatic heterocycles. The molecule has 1 N–H and O–H groups in total. The third-order valence-electron chi connectivity index (χ3n) is 4.41. The van der Waals surface area contributed by atoms with Gasteiger partial charge in [-0.15, -0.1) is 0 Å². The van der Waals surface area contributed by atoms with E-state index < -0.39 is 36.1 Å². The number of nitrogens with zero attached hydrogens (tertiary/aromatic N) is 2. The van der Waals surface area contributed by atoms with Crippen LogP contribution in [0.5, 0.6) is 0 Å². The molecule has 2 aliphatic rings. The number of ether oxygens (including phenoxy) is 1. The summed E-state index contributed by atoms with van der Waals surface area (Å²) in [7, 11) is 0. The molecule has 0 spiro atoms. The van der Waals surface area contributed by atoms with Crippen molar-refractivity contribution in [1.82, 2.24) is 4.98 Å². The summed E-state index contributed by atoms with van der Waals surface area (Å²) >= 11 is 0. The van der Waals surface area contributed by atoms with E-state index in [1.807, 2.05) is 6.07 Å². The number of hydrogen-bond donors (Lipinski definition) is 1. The van der Waals surface area contributed by atoms with E-state index in [0.29, 0.717) is 24.1 Å². The lowest BCUT2D eigenvalue weighted by molar-refractivity contribution is -0.196. The van der Waals surface area contributed by atoms with Crippen LogP contribution in [-0.4, -0.2) is 29.3 Å². The van der Waals surface area contributed by atoms with Crippen LogP contribution in [0.3, 0.4) is 0 Å². The zero-order chi connectivity index (χ0) is 16.8. The lowest BCUT2D eigenvalue weighted by Crippen LogP contribution is -2.44. The summed E-state index contributed by atoms with van der Waals surface area (Å²) in [6, 6.07) is 4.81. The monoisotopic (exact) mass is 325 g/mol. The standard InChI is InChI=1S/C15H14F3N3O2/c1-7-8(6-19)2-5-11(20-7)21-14(22)12-9-3-4-10(23-9)13(12)15(16,17)18/h2,5,9-10,12-13H,3-4H2,1H3,(H,20,21,22)/t9-,10-,12-,13+/m1/s1. The SMILES string of the molecule is Cc1nc(NC(=O)[C@H]2[C@@H](C(F)(F)F)[C@H]3CC[C@H]2O3)ccc1C#N. The molecule has 2 saturated heterocycles. The molecule has 0 aliphatic carbocycles. The molecule has 0 aromatic carbocycles. The van der Waals surface area contributed by atoms with E-state index in [9.17, 15) is 18.0 Å². The first-order valence-corrected chi connectivity index (χ1v) is 7.22. The second-order valence-corrected chi connectivity index (χ2v) is 5.81. The Morgan fingerprint density at radius 2 is 2.09 bits per heavy atom. The maximum Gasteiger partial charge on any atom is 0.395 e. The fraction of sp³-hybridized carbons (Fsp3) is 0.533.